The van der Waals surface area contributed by atoms with Crippen molar-refractivity contribution in [3.8, 4) is 0 Å². The van der Waals surface area contributed by atoms with Gasteiger partial charge in [0.05, 0.1) is 0 Å². The largest absolute Gasteiger partial charge is 0.307 e. The third-order valence-corrected chi connectivity index (χ3v) is 4.10. The van der Waals surface area contributed by atoms with Crippen molar-refractivity contribution in [3.05, 3.63) is 45.7 Å². The maximum Gasteiger partial charge on any atom is 0.131 e. The first-order valence-corrected chi connectivity index (χ1v) is 7.63. The monoisotopic (exact) mass is 293 g/mol. The van der Waals surface area contributed by atoms with Crippen molar-refractivity contribution in [3.63, 3.8) is 0 Å². The van der Waals surface area contributed by atoms with Crippen molar-refractivity contribution in [2.75, 3.05) is 0 Å². The molecule has 1 atom stereocenters. The highest BCUT2D eigenvalue weighted by atomic mass is 32.1. The smallest absolute Gasteiger partial charge is 0.131 e. The minimum absolute atomic E-state index is 0.188. The molecule has 0 aliphatic carbocycles. The first-order valence-electron chi connectivity index (χ1n) is 6.81. The van der Waals surface area contributed by atoms with Gasteiger partial charge in [-0.05, 0) is 37.0 Å². The number of nitrogens with one attached hydrogen (secondary N) is 1. The molecule has 0 spiro atoms. The summed E-state index contributed by atoms with van der Waals surface area (Å²) in [5, 5.41) is 13.7. The van der Waals surface area contributed by atoms with Crippen LogP contribution in [0.1, 0.15) is 29.4 Å². The van der Waals surface area contributed by atoms with Crippen LogP contribution in [0.25, 0.3) is 0 Å². The maximum atomic E-state index is 12.9. The van der Waals surface area contributed by atoms with Crippen LogP contribution < -0.4 is 5.32 Å². The van der Waals surface area contributed by atoms with E-state index in [0.29, 0.717) is 12.0 Å². The topological polar surface area (TPSA) is 37.8 Å². The Hall–Kier alpha value is -1.33. The Kier molecular flexibility index (Phi) is 5.20. The fourth-order valence-corrected chi connectivity index (χ4v) is 2.71. The third kappa shape index (κ3) is 4.35. The third-order valence-electron chi connectivity index (χ3n) is 3.26. The van der Waals surface area contributed by atoms with E-state index < -0.39 is 0 Å². The van der Waals surface area contributed by atoms with E-state index in [1.807, 2.05) is 19.1 Å². The lowest BCUT2D eigenvalue weighted by atomic mass is 9.96. The lowest BCUT2D eigenvalue weighted by molar-refractivity contribution is 0.394. The summed E-state index contributed by atoms with van der Waals surface area (Å²) in [6.07, 6.45) is 0.885. The van der Waals surface area contributed by atoms with Crippen LogP contribution in [0.15, 0.2) is 24.3 Å². The molecule has 1 N–H and O–H groups in total. The van der Waals surface area contributed by atoms with Gasteiger partial charge in [0.25, 0.3) is 0 Å². The molecule has 0 aliphatic heterocycles. The van der Waals surface area contributed by atoms with E-state index in [1.165, 1.54) is 12.1 Å². The molecule has 0 amide bonds. The minimum atomic E-state index is -0.188. The molecule has 2 aromatic rings. The number of aromatic nitrogens is 2. The zero-order chi connectivity index (χ0) is 14.5. The quantitative estimate of drug-likeness (QED) is 0.887. The second-order valence-electron chi connectivity index (χ2n) is 5.28. The number of rotatable bonds is 6. The number of benzene rings is 1. The van der Waals surface area contributed by atoms with E-state index in [-0.39, 0.29) is 5.82 Å². The van der Waals surface area contributed by atoms with Gasteiger partial charge in [0.1, 0.15) is 15.8 Å². The molecular weight excluding hydrogens is 273 g/mol. The van der Waals surface area contributed by atoms with Gasteiger partial charge < -0.3 is 5.32 Å². The Morgan fingerprint density at radius 2 is 1.90 bits per heavy atom. The second-order valence-corrected chi connectivity index (χ2v) is 6.54. The summed E-state index contributed by atoms with van der Waals surface area (Å²) in [7, 11) is 0. The molecule has 0 fully saturated rings. The highest BCUT2D eigenvalue weighted by molar-refractivity contribution is 7.11. The molecule has 108 valence electrons. The van der Waals surface area contributed by atoms with Crippen LogP contribution in [0.3, 0.4) is 0 Å². The Morgan fingerprint density at radius 3 is 2.45 bits per heavy atom. The first kappa shape index (κ1) is 15.1. The summed E-state index contributed by atoms with van der Waals surface area (Å²) < 4.78 is 12.9. The van der Waals surface area contributed by atoms with Crippen LogP contribution in [-0.2, 0) is 13.0 Å². The van der Waals surface area contributed by atoms with Gasteiger partial charge in [0.2, 0.25) is 0 Å². The number of nitrogens with zero attached hydrogens (tertiary/aromatic N) is 2. The standard InChI is InChI=1S/C15H20FN3S/c1-10(2)14(8-12-4-6-13(16)7-5-12)17-9-15-19-18-11(3)20-15/h4-7,10,14,17H,8-9H2,1-3H3/t14-/m0/s1. The van der Waals surface area contributed by atoms with Gasteiger partial charge >= 0.3 is 0 Å². The molecule has 2 rings (SSSR count). The molecule has 0 radical (unpaired) electrons. The minimum Gasteiger partial charge on any atom is -0.307 e. The molecule has 1 heterocycles. The van der Waals surface area contributed by atoms with Crippen LogP contribution in [0.2, 0.25) is 0 Å². The fraction of sp³-hybridized carbons (Fsp3) is 0.467. The lowest BCUT2D eigenvalue weighted by Crippen LogP contribution is -2.35. The number of aryl methyl sites for hydroxylation is 1. The molecule has 0 bridgehead atoms. The Labute approximate surface area is 123 Å². The van der Waals surface area contributed by atoms with Crippen LogP contribution in [0.5, 0.6) is 0 Å². The van der Waals surface area contributed by atoms with Crippen molar-refractivity contribution in [2.45, 2.75) is 39.8 Å². The summed E-state index contributed by atoms with van der Waals surface area (Å²) in [5.41, 5.74) is 1.14. The van der Waals surface area contributed by atoms with Gasteiger partial charge in [-0.1, -0.05) is 26.0 Å². The normalized spacial score (nSPS) is 12.8. The Balaban J connectivity index is 1.95. The highest BCUT2D eigenvalue weighted by Gasteiger charge is 2.14. The number of hydrogen-bond donors (Lipinski definition) is 1. The predicted octanol–water partition coefficient (Wildman–Crippen LogP) is 3.34. The maximum absolute atomic E-state index is 12.9. The molecule has 1 aromatic heterocycles. The average molecular weight is 293 g/mol. The van der Waals surface area contributed by atoms with Gasteiger partial charge in [-0.2, -0.15) is 0 Å². The summed E-state index contributed by atoms with van der Waals surface area (Å²) in [5.74, 6) is 0.307. The van der Waals surface area contributed by atoms with E-state index in [0.717, 1.165) is 28.5 Å². The van der Waals surface area contributed by atoms with Crippen LogP contribution in [-0.4, -0.2) is 16.2 Å². The Bertz CT molecular complexity index is 536. The summed E-state index contributed by atoms with van der Waals surface area (Å²) in [6, 6.07) is 7.06. The zero-order valence-corrected chi connectivity index (χ0v) is 12.9. The molecule has 0 aliphatic rings. The fourth-order valence-electron chi connectivity index (χ4n) is 2.05. The molecule has 0 saturated carbocycles. The summed E-state index contributed by atoms with van der Waals surface area (Å²) >= 11 is 1.62. The number of hydrogen-bond acceptors (Lipinski definition) is 4. The van der Waals surface area contributed by atoms with Crippen LogP contribution in [0, 0.1) is 18.7 Å². The van der Waals surface area contributed by atoms with Crippen LogP contribution >= 0.6 is 11.3 Å². The molecule has 0 unspecified atom stereocenters. The molecule has 1 aromatic carbocycles. The first-order chi connectivity index (χ1) is 9.54. The predicted molar refractivity (Wildman–Crippen MR) is 80.2 cm³/mol. The highest BCUT2D eigenvalue weighted by Crippen LogP contribution is 2.13. The Morgan fingerprint density at radius 1 is 1.20 bits per heavy atom. The van der Waals surface area contributed by atoms with Crippen molar-refractivity contribution in [1.82, 2.24) is 15.5 Å². The van der Waals surface area contributed by atoms with E-state index in [9.17, 15) is 4.39 Å². The lowest BCUT2D eigenvalue weighted by Gasteiger charge is -2.22. The van der Waals surface area contributed by atoms with Crippen molar-refractivity contribution in [1.29, 1.82) is 0 Å². The van der Waals surface area contributed by atoms with Crippen molar-refractivity contribution in [2.24, 2.45) is 5.92 Å². The van der Waals surface area contributed by atoms with E-state index in [2.05, 4.69) is 29.4 Å². The van der Waals surface area contributed by atoms with Gasteiger partial charge in [0.15, 0.2) is 0 Å². The molecule has 20 heavy (non-hydrogen) atoms. The molecule has 0 saturated heterocycles. The molecule has 3 nitrogen and oxygen atoms in total. The van der Waals surface area contributed by atoms with Crippen molar-refractivity contribution < 1.29 is 4.39 Å². The van der Waals surface area contributed by atoms with Gasteiger partial charge in [0, 0.05) is 12.6 Å². The SMILES string of the molecule is Cc1nnc(CN[C@@H](Cc2ccc(F)cc2)C(C)C)s1. The van der Waals surface area contributed by atoms with E-state index in [1.54, 1.807) is 11.3 Å². The number of halogens is 1. The second kappa shape index (κ2) is 6.90. The van der Waals surface area contributed by atoms with Crippen LogP contribution in [0.4, 0.5) is 4.39 Å². The van der Waals surface area contributed by atoms with Gasteiger partial charge in [-0.15, -0.1) is 21.5 Å². The van der Waals surface area contributed by atoms with E-state index in [4.69, 9.17) is 0 Å². The average Bonchev–Trinajstić information content (AvgIpc) is 2.82. The van der Waals surface area contributed by atoms with Crippen molar-refractivity contribution >= 4 is 11.3 Å². The summed E-state index contributed by atoms with van der Waals surface area (Å²) in [4.78, 5) is 0. The van der Waals surface area contributed by atoms with Gasteiger partial charge in [-0.25, -0.2) is 4.39 Å². The van der Waals surface area contributed by atoms with E-state index >= 15 is 0 Å². The molecule has 5 heteroatoms. The van der Waals surface area contributed by atoms with Gasteiger partial charge in [-0.3, -0.25) is 0 Å². The zero-order valence-electron chi connectivity index (χ0n) is 12.1. The molecular formula is C15H20FN3S. The summed E-state index contributed by atoms with van der Waals surface area (Å²) in [6.45, 7) is 7.06.